The maximum atomic E-state index is 13.0. The Labute approximate surface area is 155 Å². The van der Waals surface area contributed by atoms with Crippen molar-refractivity contribution < 1.29 is 22.8 Å². The fourth-order valence-electron chi connectivity index (χ4n) is 2.45. The number of carbonyl (C=O) groups excluding carboxylic acids is 2. The Hall–Kier alpha value is -2.83. The number of amides is 2. The van der Waals surface area contributed by atoms with Gasteiger partial charge in [0.1, 0.15) is 0 Å². The van der Waals surface area contributed by atoms with E-state index < -0.39 is 17.6 Å². The zero-order valence-corrected chi connectivity index (χ0v) is 15.3. The van der Waals surface area contributed by atoms with Gasteiger partial charge in [0.2, 0.25) is 0 Å². The molecule has 0 unspecified atom stereocenters. The lowest BCUT2D eigenvalue weighted by Crippen LogP contribution is -2.28. The summed E-state index contributed by atoms with van der Waals surface area (Å²) < 4.78 is 38.9. The second kappa shape index (κ2) is 8.24. The molecule has 7 heteroatoms. The van der Waals surface area contributed by atoms with Gasteiger partial charge in [-0.15, -0.1) is 0 Å². The molecule has 0 fully saturated rings. The molecule has 144 valence electrons. The molecule has 0 radical (unpaired) electrons. The van der Waals surface area contributed by atoms with Crippen molar-refractivity contribution in [2.75, 3.05) is 11.9 Å². The summed E-state index contributed by atoms with van der Waals surface area (Å²) in [4.78, 5) is 24.8. The Kier molecular flexibility index (Phi) is 6.25. The molecule has 0 bridgehead atoms. The normalized spacial score (nSPS) is 11.4. The average Bonchev–Trinajstić information content (AvgIpc) is 2.58. The second-order valence-electron chi connectivity index (χ2n) is 6.69. The summed E-state index contributed by atoms with van der Waals surface area (Å²) >= 11 is 0. The average molecular weight is 378 g/mol. The molecule has 0 spiro atoms. The van der Waals surface area contributed by atoms with E-state index in [-0.39, 0.29) is 28.6 Å². The van der Waals surface area contributed by atoms with E-state index in [9.17, 15) is 22.8 Å². The van der Waals surface area contributed by atoms with Crippen LogP contribution in [0.1, 0.15) is 45.7 Å². The lowest BCUT2D eigenvalue weighted by molar-refractivity contribution is -0.137. The van der Waals surface area contributed by atoms with Crippen molar-refractivity contribution in [1.29, 1.82) is 0 Å². The third-order valence-corrected chi connectivity index (χ3v) is 3.76. The Balaban J connectivity index is 2.27. The topological polar surface area (TPSA) is 58.2 Å². The van der Waals surface area contributed by atoms with E-state index in [2.05, 4.69) is 10.6 Å². The van der Waals surface area contributed by atoms with Crippen LogP contribution in [0.5, 0.6) is 0 Å². The molecule has 2 N–H and O–H groups in total. The van der Waals surface area contributed by atoms with Gasteiger partial charge in [0.15, 0.2) is 0 Å². The van der Waals surface area contributed by atoms with Gasteiger partial charge in [-0.2, -0.15) is 13.2 Å². The van der Waals surface area contributed by atoms with Crippen molar-refractivity contribution in [1.82, 2.24) is 5.32 Å². The quantitative estimate of drug-likeness (QED) is 0.796. The van der Waals surface area contributed by atoms with E-state index in [1.165, 1.54) is 19.1 Å². The largest absolute Gasteiger partial charge is 0.416 e. The van der Waals surface area contributed by atoms with Crippen molar-refractivity contribution in [3.63, 3.8) is 0 Å². The lowest BCUT2D eigenvalue weighted by Gasteiger charge is -2.14. The van der Waals surface area contributed by atoms with E-state index in [0.29, 0.717) is 12.1 Å². The highest BCUT2D eigenvalue weighted by Gasteiger charge is 2.31. The van der Waals surface area contributed by atoms with Gasteiger partial charge in [-0.25, -0.2) is 0 Å². The molecule has 0 saturated heterocycles. The van der Waals surface area contributed by atoms with Gasteiger partial charge in [-0.1, -0.05) is 26.0 Å². The zero-order chi connectivity index (χ0) is 20.2. The first-order valence-electron chi connectivity index (χ1n) is 8.45. The van der Waals surface area contributed by atoms with Crippen molar-refractivity contribution in [2.45, 2.75) is 26.9 Å². The summed E-state index contributed by atoms with van der Waals surface area (Å²) in [5.74, 6) is -0.822. The number of aryl methyl sites for hydroxylation is 1. The fourth-order valence-corrected chi connectivity index (χ4v) is 2.45. The number of benzene rings is 2. The molecule has 0 atom stereocenters. The van der Waals surface area contributed by atoms with Crippen LogP contribution in [0.15, 0.2) is 42.5 Å². The van der Waals surface area contributed by atoms with E-state index in [1.54, 1.807) is 18.2 Å². The third-order valence-electron chi connectivity index (χ3n) is 3.76. The molecule has 2 amide bonds. The molecule has 2 rings (SSSR count). The lowest BCUT2D eigenvalue weighted by atomic mass is 10.0. The van der Waals surface area contributed by atoms with E-state index in [4.69, 9.17) is 0 Å². The van der Waals surface area contributed by atoms with E-state index >= 15 is 0 Å². The smallest absolute Gasteiger partial charge is 0.352 e. The summed E-state index contributed by atoms with van der Waals surface area (Å²) in [5, 5.41) is 5.29. The zero-order valence-electron chi connectivity index (χ0n) is 15.3. The predicted molar refractivity (Wildman–Crippen MR) is 97.7 cm³/mol. The van der Waals surface area contributed by atoms with Gasteiger partial charge in [-0.3, -0.25) is 9.59 Å². The highest BCUT2D eigenvalue weighted by atomic mass is 19.4. The minimum atomic E-state index is -4.55. The summed E-state index contributed by atoms with van der Waals surface area (Å²) in [6.07, 6.45) is -4.55. The molecule has 4 nitrogen and oxygen atoms in total. The number of anilines is 1. The summed E-state index contributed by atoms with van der Waals surface area (Å²) in [6, 6.07) is 9.49. The first-order chi connectivity index (χ1) is 12.6. The van der Waals surface area contributed by atoms with Gasteiger partial charge in [0.05, 0.1) is 16.8 Å². The number of para-hydroxylation sites is 1. The maximum absolute atomic E-state index is 13.0. The number of carbonyl (C=O) groups is 2. The molecule has 0 aliphatic heterocycles. The number of hydrogen-bond acceptors (Lipinski definition) is 2. The molecular formula is C20H21F3N2O2. The SMILES string of the molecule is Cc1cc(C(=O)Nc2ccccc2C(=O)NCC(C)C)cc(C(F)(F)F)c1. The molecule has 2 aromatic carbocycles. The standard InChI is InChI=1S/C20H21F3N2O2/c1-12(2)11-24-19(27)16-6-4-5-7-17(16)25-18(26)14-8-13(3)9-15(10-14)20(21,22)23/h4-10,12H,11H2,1-3H3,(H,24,27)(H,25,26). The molecule has 0 aliphatic rings. The summed E-state index contributed by atoms with van der Waals surface area (Å²) in [5.41, 5.74) is -0.220. The third kappa shape index (κ3) is 5.57. The van der Waals surface area contributed by atoms with Gasteiger partial charge >= 0.3 is 6.18 Å². The number of nitrogens with one attached hydrogen (secondary N) is 2. The fraction of sp³-hybridized carbons (Fsp3) is 0.300. The number of rotatable bonds is 5. The van der Waals surface area contributed by atoms with Crippen molar-refractivity contribution >= 4 is 17.5 Å². The Morgan fingerprint density at radius 3 is 2.33 bits per heavy atom. The first kappa shape index (κ1) is 20.5. The van der Waals surface area contributed by atoms with Crippen LogP contribution < -0.4 is 10.6 Å². The van der Waals surface area contributed by atoms with E-state index in [0.717, 1.165) is 12.1 Å². The summed E-state index contributed by atoms with van der Waals surface area (Å²) in [7, 11) is 0. The van der Waals surface area contributed by atoms with Crippen LogP contribution in [0.4, 0.5) is 18.9 Å². The molecule has 0 heterocycles. The van der Waals surface area contributed by atoms with Crippen molar-refractivity contribution in [3.05, 3.63) is 64.7 Å². The van der Waals surface area contributed by atoms with Gasteiger partial charge in [-0.05, 0) is 48.7 Å². The Morgan fingerprint density at radius 2 is 1.70 bits per heavy atom. The number of hydrogen-bond donors (Lipinski definition) is 2. The van der Waals surface area contributed by atoms with Gasteiger partial charge in [0.25, 0.3) is 11.8 Å². The monoisotopic (exact) mass is 378 g/mol. The van der Waals surface area contributed by atoms with Crippen LogP contribution >= 0.6 is 0 Å². The summed E-state index contributed by atoms with van der Waals surface area (Å²) in [6.45, 7) is 5.85. The second-order valence-corrected chi connectivity index (χ2v) is 6.69. The molecule has 0 aliphatic carbocycles. The number of halogens is 3. The Morgan fingerprint density at radius 1 is 1.04 bits per heavy atom. The van der Waals surface area contributed by atoms with E-state index in [1.807, 2.05) is 13.8 Å². The van der Waals surface area contributed by atoms with Gasteiger partial charge in [0, 0.05) is 12.1 Å². The highest BCUT2D eigenvalue weighted by molar-refractivity contribution is 6.09. The number of alkyl halides is 3. The highest BCUT2D eigenvalue weighted by Crippen LogP contribution is 2.31. The van der Waals surface area contributed by atoms with Crippen LogP contribution in [0, 0.1) is 12.8 Å². The predicted octanol–water partition coefficient (Wildman–Crippen LogP) is 4.65. The van der Waals surface area contributed by atoms with Crippen LogP contribution in [-0.4, -0.2) is 18.4 Å². The molecule has 0 saturated carbocycles. The Bertz CT molecular complexity index is 845. The van der Waals surface area contributed by atoms with Gasteiger partial charge < -0.3 is 10.6 Å². The maximum Gasteiger partial charge on any atom is 0.416 e. The molecule has 27 heavy (non-hydrogen) atoms. The molecule has 2 aromatic rings. The molecule has 0 aromatic heterocycles. The minimum Gasteiger partial charge on any atom is -0.352 e. The van der Waals surface area contributed by atoms with Crippen LogP contribution in [0.2, 0.25) is 0 Å². The molecular weight excluding hydrogens is 357 g/mol. The first-order valence-corrected chi connectivity index (χ1v) is 8.45. The van der Waals surface area contributed by atoms with Crippen molar-refractivity contribution in [2.24, 2.45) is 5.92 Å². The van der Waals surface area contributed by atoms with Crippen LogP contribution in [0.3, 0.4) is 0 Å². The van der Waals surface area contributed by atoms with Crippen molar-refractivity contribution in [3.8, 4) is 0 Å². The van der Waals surface area contributed by atoms with Crippen LogP contribution in [-0.2, 0) is 6.18 Å². The minimum absolute atomic E-state index is 0.125. The van der Waals surface area contributed by atoms with Crippen LogP contribution in [0.25, 0.3) is 0 Å².